The third-order valence-electron chi connectivity index (χ3n) is 5.49. The van der Waals surface area contributed by atoms with E-state index in [4.69, 9.17) is 0 Å². The molecule has 1 unspecified atom stereocenters. The van der Waals surface area contributed by atoms with Crippen LogP contribution in [0, 0.1) is 5.82 Å². The van der Waals surface area contributed by atoms with Gasteiger partial charge in [0, 0.05) is 17.8 Å². The molecule has 0 radical (unpaired) electrons. The number of carbonyl (C=O) groups excluding carboxylic acids is 1. The number of aromatic nitrogens is 3. The summed E-state index contributed by atoms with van der Waals surface area (Å²) in [7, 11) is 0. The van der Waals surface area contributed by atoms with E-state index >= 15 is 0 Å². The number of rotatable bonds is 5. The fraction of sp³-hybridized carbons (Fsp3) is 0.318. The molecule has 2 heterocycles. The molecule has 1 aliphatic carbocycles. The van der Waals surface area contributed by atoms with Crippen molar-refractivity contribution in [1.82, 2.24) is 14.8 Å². The first-order chi connectivity index (χ1) is 14.1. The summed E-state index contributed by atoms with van der Waals surface area (Å²) in [5.41, 5.74) is 2.66. The second kappa shape index (κ2) is 7.30. The lowest BCUT2D eigenvalue weighted by Crippen LogP contribution is -2.37. The van der Waals surface area contributed by atoms with Gasteiger partial charge in [-0.15, -0.1) is 10.2 Å². The molecule has 0 spiro atoms. The molecule has 1 fully saturated rings. The summed E-state index contributed by atoms with van der Waals surface area (Å²) in [6, 6.07) is 15.1. The first-order valence-electron chi connectivity index (χ1n) is 9.86. The van der Waals surface area contributed by atoms with Crippen molar-refractivity contribution in [3.8, 4) is 11.4 Å². The summed E-state index contributed by atoms with van der Waals surface area (Å²) >= 11 is 1.38. The molecule has 148 valence electrons. The fourth-order valence-electron chi connectivity index (χ4n) is 4.00. The van der Waals surface area contributed by atoms with Crippen LogP contribution in [0.5, 0.6) is 0 Å². The van der Waals surface area contributed by atoms with E-state index in [1.54, 1.807) is 18.2 Å². The summed E-state index contributed by atoms with van der Waals surface area (Å²) in [5, 5.41) is 9.24. The summed E-state index contributed by atoms with van der Waals surface area (Å²) < 4.78 is 16.3. The molecule has 0 saturated heterocycles. The van der Waals surface area contributed by atoms with Crippen molar-refractivity contribution < 1.29 is 9.18 Å². The molecule has 2 aromatic carbocycles. The summed E-state index contributed by atoms with van der Waals surface area (Å²) in [6.07, 6.45) is 2.93. The number of para-hydroxylation sites is 1. The minimum absolute atomic E-state index is 0.0604. The molecule has 0 bridgehead atoms. The van der Waals surface area contributed by atoms with Crippen LogP contribution < -0.4 is 4.90 Å². The van der Waals surface area contributed by atoms with E-state index in [1.807, 2.05) is 27.7 Å². The van der Waals surface area contributed by atoms with Crippen LogP contribution in [0.2, 0.25) is 0 Å². The zero-order chi connectivity index (χ0) is 20.0. The number of anilines is 1. The molecule has 0 N–H and O–H groups in total. The lowest BCUT2D eigenvalue weighted by Gasteiger charge is -2.22. The first-order valence-corrected chi connectivity index (χ1v) is 10.8. The highest BCUT2D eigenvalue weighted by Gasteiger charge is 2.33. The Morgan fingerprint density at radius 2 is 1.90 bits per heavy atom. The van der Waals surface area contributed by atoms with Crippen molar-refractivity contribution in [2.24, 2.45) is 0 Å². The largest absolute Gasteiger partial charge is 0.308 e. The summed E-state index contributed by atoms with van der Waals surface area (Å²) in [4.78, 5) is 14.9. The lowest BCUT2D eigenvalue weighted by molar-refractivity contribution is -0.116. The molecule has 1 aromatic heterocycles. The van der Waals surface area contributed by atoms with Gasteiger partial charge in [-0.3, -0.25) is 9.36 Å². The highest BCUT2D eigenvalue weighted by Crippen LogP contribution is 2.41. The topological polar surface area (TPSA) is 51.0 Å². The van der Waals surface area contributed by atoms with Gasteiger partial charge in [-0.1, -0.05) is 42.1 Å². The van der Waals surface area contributed by atoms with Crippen LogP contribution in [0.4, 0.5) is 10.1 Å². The summed E-state index contributed by atoms with van der Waals surface area (Å²) in [6.45, 7) is 2.07. The van der Waals surface area contributed by atoms with Crippen molar-refractivity contribution in [1.29, 1.82) is 0 Å². The van der Waals surface area contributed by atoms with E-state index in [0.29, 0.717) is 16.5 Å². The predicted octanol–water partition coefficient (Wildman–Crippen LogP) is 4.49. The van der Waals surface area contributed by atoms with Crippen molar-refractivity contribution >= 4 is 23.4 Å². The molecule has 1 atom stereocenters. The molecule has 1 aliphatic heterocycles. The number of benzene rings is 2. The highest BCUT2D eigenvalue weighted by molar-refractivity contribution is 7.99. The van der Waals surface area contributed by atoms with Crippen molar-refractivity contribution in [2.45, 2.75) is 43.4 Å². The molecule has 7 heteroatoms. The third kappa shape index (κ3) is 3.33. The Morgan fingerprint density at radius 1 is 1.14 bits per heavy atom. The Bertz CT molecular complexity index is 1080. The van der Waals surface area contributed by atoms with Gasteiger partial charge in [-0.25, -0.2) is 4.39 Å². The Hall–Kier alpha value is -2.67. The molecule has 3 aromatic rings. The van der Waals surface area contributed by atoms with E-state index < -0.39 is 0 Å². The van der Waals surface area contributed by atoms with Gasteiger partial charge in [-0.2, -0.15) is 0 Å². The van der Waals surface area contributed by atoms with E-state index in [2.05, 4.69) is 23.2 Å². The number of hydrogen-bond donors (Lipinski definition) is 0. The standard InChI is InChI=1S/C22H21FN4OS/c1-14-12-15-6-2-5-9-19(15)26(14)20(28)13-29-22-25-24-21(27(22)16-10-11-16)17-7-3-4-8-18(17)23/h2-9,14,16H,10-13H2,1H3. The average molecular weight is 409 g/mol. The molecule has 2 aliphatic rings. The monoisotopic (exact) mass is 408 g/mol. The number of fused-ring (bicyclic) bond motifs is 1. The van der Waals surface area contributed by atoms with Gasteiger partial charge in [-0.05, 0) is 49.9 Å². The van der Waals surface area contributed by atoms with Gasteiger partial charge in [0.15, 0.2) is 11.0 Å². The molecule has 5 nitrogen and oxygen atoms in total. The smallest absolute Gasteiger partial charge is 0.237 e. The number of hydrogen-bond acceptors (Lipinski definition) is 4. The third-order valence-corrected chi connectivity index (χ3v) is 6.42. The second-order valence-electron chi connectivity index (χ2n) is 7.62. The lowest BCUT2D eigenvalue weighted by atomic mass is 10.1. The maximum atomic E-state index is 14.3. The van der Waals surface area contributed by atoms with E-state index in [-0.39, 0.29) is 29.6 Å². The quantitative estimate of drug-likeness (QED) is 0.584. The zero-order valence-corrected chi connectivity index (χ0v) is 16.9. The Morgan fingerprint density at radius 3 is 2.69 bits per heavy atom. The number of halogens is 1. The van der Waals surface area contributed by atoms with Crippen LogP contribution in [0.25, 0.3) is 11.4 Å². The van der Waals surface area contributed by atoms with Crippen LogP contribution in [0.3, 0.4) is 0 Å². The van der Waals surface area contributed by atoms with E-state index in [0.717, 1.165) is 24.9 Å². The SMILES string of the molecule is CC1Cc2ccccc2N1C(=O)CSc1nnc(-c2ccccc2F)n1C1CC1. The molecule has 5 rings (SSSR count). The average Bonchev–Trinajstić information content (AvgIpc) is 3.38. The fourth-order valence-corrected chi connectivity index (χ4v) is 4.87. The minimum atomic E-state index is -0.308. The molecular formula is C22H21FN4OS. The molecular weight excluding hydrogens is 387 g/mol. The van der Waals surface area contributed by atoms with Crippen LogP contribution in [0.15, 0.2) is 53.7 Å². The van der Waals surface area contributed by atoms with Crippen molar-refractivity contribution in [2.75, 3.05) is 10.7 Å². The maximum Gasteiger partial charge on any atom is 0.237 e. The molecule has 1 amide bonds. The Kier molecular flexibility index (Phi) is 4.62. The molecule has 29 heavy (non-hydrogen) atoms. The van der Waals surface area contributed by atoms with Crippen molar-refractivity contribution in [3.63, 3.8) is 0 Å². The van der Waals surface area contributed by atoms with Gasteiger partial charge in [0.2, 0.25) is 5.91 Å². The van der Waals surface area contributed by atoms with Crippen LogP contribution in [-0.4, -0.2) is 32.5 Å². The van der Waals surface area contributed by atoms with E-state index in [9.17, 15) is 9.18 Å². The van der Waals surface area contributed by atoms with Crippen LogP contribution in [-0.2, 0) is 11.2 Å². The zero-order valence-electron chi connectivity index (χ0n) is 16.1. The number of amides is 1. The van der Waals surface area contributed by atoms with Crippen LogP contribution >= 0.6 is 11.8 Å². The minimum Gasteiger partial charge on any atom is -0.308 e. The van der Waals surface area contributed by atoms with Crippen LogP contribution in [0.1, 0.15) is 31.4 Å². The van der Waals surface area contributed by atoms with Gasteiger partial charge < -0.3 is 4.90 Å². The number of carbonyl (C=O) groups is 1. The molecule has 1 saturated carbocycles. The second-order valence-corrected chi connectivity index (χ2v) is 8.56. The van der Waals surface area contributed by atoms with Gasteiger partial charge >= 0.3 is 0 Å². The van der Waals surface area contributed by atoms with Gasteiger partial charge in [0.05, 0.1) is 11.3 Å². The Labute approximate surface area is 172 Å². The van der Waals surface area contributed by atoms with Gasteiger partial charge in [0.1, 0.15) is 5.82 Å². The maximum absolute atomic E-state index is 14.3. The summed E-state index contributed by atoms with van der Waals surface area (Å²) in [5.74, 6) is 0.573. The Balaban J connectivity index is 1.38. The predicted molar refractivity (Wildman–Crippen MR) is 112 cm³/mol. The normalized spacial score (nSPS) is 18.1. The highest BCUT2D eigenvalue weighted by atomic mass is 32.2. The van der Waals surface area contributed by atoms with Crippen molar-refractivity contribution in [3.05, 3.63) is 59.9 Å². The van der Waals surface area contributed by atoms with E-state index in [1.165, 1.54) is 23.4 Å². The number of nitrogens with zero attached hydrogens (tertiary/aromatic N) is 4. The number of thioether (sulfide) groups is 1. The van der Waals surface area contributed by atoms with Gasteiger partial charge in [0.25, 0.3) is 0 Å². The first kappa shape index (κ1) is 18.4.